The molecule has 0 amide bonds. The number of hydrogen-bond donors (Lipinski definition) is 0. The summed E-state index contributed by atoms with van der Waals surface area (Å²) >= 11 is 0. The molecule has 0 bridgehead atoms. The predicted molar refractivity (Wildman–Crippen MR) is 78.2 cm³/mol. The van der Waals surface area contributed by atoms with Gasteiger partial charge in [-0.3, -0.25) is 4.90 Å². The highest BCUT2D eigenvalue weighted by Crippen LogP contribution is 2.39. The van der Waals surface area contributed by atoms with Gasteiger partial charge in [-0.25, -0.2) is 4.98 Å². The number of nitrogens with zero attached hydrogens (tertiary/aromatic N) is 5. The third-order valence-corrected chi connectivity index (χ3v) is 4.45. The molecule has 0 radical (unpaired) electrons. The van der Waals surface area contributed by atoms with E-state index >= 15 is 0 Å². The Labute approximate surface area is 129 Å². The molecule has 2 aliphatic rings. The van der Waals surface area contributed by atoms with E-state index in [1.807, 2.05) is 12.5 Å². The van der Waals surface area contributed by atoms with Crippen LogP contribution in [0.3, 0.4) is 0 Å². The van der Waals surface area contributed by atoms with E-state index in [0.717, 1.165) is 32.1 Å². The van der Waals surface area contributed by atoms with Crippen LogP contribution in [0.5, 0.6) is 0 Å². The lowest BCUT2D eigenvalue weighted by molar-refractivity contribution is -0.0737. The van der Waals surface area contributed by atoms with Crippen molar-refractivity contribution in [2.75, 3.05) is 19.7 Å². The van der Waals surface area contributed by atoms with Gasteiger partial charge in [0.2, 0.25) is 5.89 Å². The van der Waals surface area contributed by atoms with Crippen LogP contribution in [0.25, 0.3) is 0 Å². The number of morpholine rings is 1. The van der Waals surface area contributed by atoms with Crippen molar-refractivity contribution in [3.8, 4) is 0 Å². The van der Waals surface area contributed by atoms with E-state index in [0.29, 0.717) is 11.8 Å². The second-order valence-electron chi connectivity index (χ2n) is 6.12. The zero-order valence-corrected chi connectivity index (χ0v) is 12.8. The van der Waals surface area contributed by atoms with Gasteiger partial charge in [0.1, 0.15) is 6.04 Å². The number of ether oxygens (including phenoxy) is 1. The Morgan fingerprint density at radius 3 is 3.00 bits per heavy atom. The lowest BCUT2D eigenvalue weighted by atomic mass is 10.1. The van der Waals surface area contributed by atoms with Crippen LogP contribution >= 0.6 is 0 Å². The Hall–Kier alpha value is -1.73. The fourth-order valence-corrected chi connectivity index (χ4v) is 3.03. The van der Waals surface area contributed by atoms with E-state index in [9.17, 15) is 0 Å². The Balaban J connectivity index is 1.49. The summed E-state index contributed by atoms with van der Waals surface area (Å²) < 4.78 is 13.4. The third kappa shape index (κ3) is 2.78. The van der Waals surface area contributed by atoms with Gasteiger partial charge in [-0.2, -0.15) is 4.98 Å². The molecule has 2 fully saturated rings. The Morgan fingerprint density at radius 1 is 1.32 bits per heavy atom. The molecule has 1 saturated heterocycles. The molecule has 0 spiro atoms. The van der Waals surface area contributed by atoms with Gasteiger partial charge in [0.15, 0.2) is 5.82 Å². The summed E-state index contributed by atoms with van der Waals surface area (Å²) in [4.78, 5) is 11.1. The van der Waals surface area contributed by atoms with Crippen molar-refractivity contribution in [3.05, 3.63) is 30.4 Å². The normalized spacial score (nSPS) is 26.4. The summed E-state index contributed by atoms with van der Waals surface area (Å²) in [5.74, 6) is 2.07. The maximum Gasteiger partial charge on any atom is 0.246 e. The number of rotatable bonds is 5. The fraction of sp³-hybridized carbons (Fsp3) is 0.667. The Morgan fingerprint density at radius 2 is 2.23 bits per heavy atom. The van der Waals surface area contributed by atoms with Crippen LogP contribution in [0.2, 0.25) is 0 Å². The molecule has 7 heteroatoms. The number of imidazole rings is 1. The highest BCUT2D eigenvalue weighted by atomic mass is 16.5. The maximum atomic E-state index is 5.81. The van der Waals surface area contributed by atoms with E-state index < -0.39 is 0 Å². The molecular weight excluding hydrogens is 282 g/mol. The smallest absolute Gasteiger partial charge is 0.246 e. The molecule has 2 atom stereocenters. The van der Waals surface area contributed by atoms with Crippen LogP contribution in [0.4, 0.5) is 0 Å². The van der Waals surface area contributed by atoms with Crippen molar-refractivity contribution in [1.29, 1.82) is 0 Å². The summed E-state index contributed by atoms with van der Waals surface area (Å²) in [6.07, 6.45) is 8.05. The molecule has 1 saturated carbocycles. The largest absolute Gasteiger partial charge is 0.375 e. The second-order valence-corrected chi connectivity index (χ2v) is 6.12. The van der Waals surface area contributed by atoms with Gasteiger partial charge in [0.05, 0.1) is 19.0 Å². The lowest BCUT2D eigenvalue weighted by Gasteiger charge is -2.37. The first kappa shape index (κ1) is 13.9. The molecule has 22 heavy (non-hydrogen) atoms. The Kier molecular flexibility index (Phi) is 3.67. The second kappa shape index (κ2) is 5.81. The van der Waals surface area contributed by atoms with Crippen LogP contribution < -0.4 is 0 Å². The SMILES string of the molecule is C[C@H]1OCCN(CCn2ccnc2)[C@@H]1c1nc(C2CC2)no1. The zero-order chi connectivity index (χ0) is 14.9. The summed E-state index contributed by atoms with van der Waals surface area (Å²) in [5, 5.41) is 4.15. The van der Waals surface area contributed by atoms with Crippen molar-refractivity contribution < 1.29 is 9.26 Å². The number of aromatic nitrogens is 4. The highest BCUT2D eigenvalue weighted by Gasteiger charge is 2.37. The minimum atomic E-state index is 0.0391. The van der Waals surface area contributed by atoms with Crippen molar-refractivity contribution in [2.45, 2.75) is 44.4 Å². The standard InChI is InChI=1S/C15H21N5O2/c1-11-13(15-17-14(18-22-15)12-2-3-12)20(8-9-21-11)7-6-19-5-4-16-10-19/h4-5,10-13H,2-3,6-9H2,1H3/t11-,13+/m1/s1. The van der Waals surface area contributed by atoms with Crippen LogP contribution in [-0.4, -0.2) is 50.4 Å². The van der Waals surface area contributed by atoms with E-state index in [1.165, 1.54) is 12.8 Å². The Bertz CT molecular complexity index is 607. The quantitative estimate of drug-likeness (QED) is 0.836. The summed E-state index contributed by atoms with van der Waals surface area (Å²) in [7, 11) is 0. The first-order valence-electron chi connectivity index (χ1n) is 7.96. The van der Waals surface area contributed by atoms with Crippen molar-refractivity contribution in [3.63, 3.8) is 0 Å². The molecule has 118 valence electrons. The fourth-order valence-electron chi connectivity index (χ4n) is 3.03. The summed E-state index contributed by atoms with van der Waals surface area (Å²) in [6.45, 7) is 5.51. The maximum absolute atomic E-state index is 5.81. The first-order chi connectivity index (χ1) is 10.8. The highest BCUT2D eigenvalue weighted by molar-refractivity contribution is 5.06. The van der Waals surface area contributed by atoms with Gasteiger partial charge in [-0.15, -0.1) is 0 Å². The average molecular weight is 303 g/mol. The van der Waals surface area contributed by atoms with E-state index in [2.05, 4.69) is 31.5 Å². The molecular formula is C15H21N5O2. The average Bonchev–Trinajstić information content (AvgIpc) is 3.04. The van der Waals surface area contributed by atoms with Crippen LogP contribution in [0, 0.1) is 0 Å². The van der Waals surface area contributed by atoms with E-state index in [4.69, 9.17) is 9.26 Å². The first-order valence-corrected chi connectivity index (χ1v) is 7.96. The van der Waals surface area contributed by atoms with E-state index in [-0.39, 0.29) is 12.1 Å². The van der Waals surface area contributed by atoms with Crippen molar-refractivity contribution in [1.82, 2.24) is 24.6 Å². The van der Waals surface area contributed by atoms with Crippen molar-refractivity contribution >= 4 is 0 Å². The molecule has 4 rings (SSSR count). The van der Waals surface area contributed by atoms with Gasteiger partial charge >= 0.3 is 0 Å². The third-order valence-electron chi connectivity index (χ3n) is 4.45. The van der Waals surface area contributed by atoms with Crippen LogP contribution in [0.1, 0.15) is 43.4 Å². The predicted octanol–water partition coefficient (Wildman–Crippen LogP) is 1.61. The minimum absolute atomic E-state index is 0.0391. The van der Waals surface area contributed by atoms with Crippen molar-refractivity contribution in [2.24, 2.45) is 0 Å². The van der Waals surface area contributed by atoms with Crippen LogP contribution in [0.15, 0.2) is 23.2 Å². The van der Waals surface area contributed by atoms with Gasteiger partial charge < -0.3 is 13.8 Å². The van der Waals surface area contributed by atoms with Gasteiger partial charge in [0.25, 0.3) is 0 Å². The molecule has 0 N–H and O–H groups in total. The molecule has 2 aromatic heterocycles. The molecule has 7 nitrogen and oxygen atoms in total. The molecule has 0 aromatic carbocycles. The van der Waals surface area contributed by atoms with Gasteiger partial charge in [-0.1, -0.05) is 5.16 Å². The molecule has 3 heterocycles. The molecule has 0 unspecified atom stereocenters. The van der Waals surface area contributed by atoms with E-state index in [1.54, 1.807) is 6.20 Å². The monoisotopic (exact) mass is 303 g/mol. The summed E-state index contributed by atoms with van der Waals surface area (Å²) in [5.41, 5.74) is 0. The number of hydrogen-bond acceptors (Lipinski definition) is 6. The zero-order valence-electron chi connectivity index (χ0n) is 12.8. The topological polar surface area (TPSA) is 69.2 Å². The van der Waals surface area contributed by atoms with Crippen LogP contribution in [-0.2, 0) is 11.3 Å². The molecule has 2 aromatic rings. The molecule has 1 aliphatic heterocycles. The lowest BCUT2D eigenvalue weighted by Crippen LogP contribution is -2.45. The van der Waals surface area contributed by atoms with Gasteiger partial charge in [-0.05, 0) is 19.8 Å². The summed E-state index contributed by atoms with van der Waals surface area (Å²) in [6, 6.07) is 0.0391. The molecule has 1 aliphatic carbocycles. The van der Waals surface area contributed by atoms with Gasteiger partial charge in [0, 0.05) is 37.9 Å². The minimum Gasteiger partial charge on any atom is -0.375 e.